The van der Waals surface area contributed by atoms with E-state index in [1.807, 2.05) is 12.1 Å². The zero-order valence-corrected chi connectivity index (χ0v) is 12.1. The van der Waals surface area contributed by atoms with E-state index in [9.17, 15) is 9.59 Å². The van der Waals surface area contributed by atoms with Crippen LogP contribution in [0.2, 0.25) is 0 Å². The van der Waals surface area contributed by atoms with Crippen molar-refractivity contribution in [2.75, 3.05) is 12.8 Å². The summed E-state index contributed by atoms with van der Waals surface area (Å²) in [5, 5.41) is 2.98. The molecule has 0 saturated heterocycles. The maximum Gasteiger partial charge on any atom is 0.256 e. The minimum Gasteiger partial charge on any atom is -0.398 e. The Balaban J connectivity index is 2.35. The van der Waals surface area contributed by atoms with Gasteiger partial charge in [-0.25, -0.2) is 0 Å². The predicted octanol–water partition coefficient (Wildman–Crippen LogP) is 2.06. The zero-order chi connectivity index (χ0) is 15.0. The van der Waals surface area contributed by atoms with Crippen molar-refractivity contribution in [3.05, 3.63) is 40.2 Å². The number of anilines is 1. The van der Waals surface area contributed by atoms with Crippen LogP contribution in [0.25, 0.3) is 10.9 Å². The highest BCUT2D eigenvalue weighted by molar-refractivity contribution is 6.00. The highest BCUT2D eigenvalue weighted by atomic mass is 16.2. The lowest BCUT2D eigenvalue weighted by Gasteiger charge is -2.19. The van der Waals surface area contributed by atoms with Gasteiger partial charge in [0, 0.05) is 25.0 Å². The van der Waals surface area contributed by atoms with Gasteiger partial charge >= 0.3 is 0 Å². The van der Waals surface area contributed by atoms with Gasteiger partial charge < -0.3 is 15.6 Å². The van der Waals surface area contributed by atoms with Gasteiger partial charge in [0.15, 0.2) is 0 Å². The standard InChI is InChI=1S/C16H19N3O2/c1-18-16(21)11-9-19(10-5-2-3-6-10)13-8-4-7-12(17)14(13)15(11)20/h4,7-10H,2-3,5-6,17H2,1H3,(H,18,21). The van der Waals surface area contributed by atoms with E-state index in [1.165, 1.54) is 19.9 Å². The summed E-state index contributed by atoms with van der Waals surface area (Å²) in [4.78, 5) is 24.6. The first-order valence-electron chi connectivity index (χ1n) is 7.29. The molecule has 21 heavy (non-hydrogen) atoms. The molecule has 0 unspecified atom stereocenters. The summed E-state index contributed by atoms with van der Waals surface area (Å²) in [6.45, 7) is 0. The lowest BCUT2D eigenvalue weighted by Crippen LogP contribution is -2.28. The van der Waals surface area contributed by atoms with Gasteiger partial charge in [-0.1, -0.05) is 18.9 Å². The molecule has 1 aliphatic carbocycles. The average molecular weight is 285 g/mol. The monoisotopic (exact) mass is 285 g/mol. The van der Waals surface area contributed by atoms with Crippen molar-refractivity contribution in [2.24, 2.45) is 0 Å². The van der Waals surface area contributed by atoms with E-state index in [0.29, 0.717) is 17.1 Å². The van der Waals surface area contributed by atoms with Crippen molar-refractivity contribution in [2.45, 2.75) is 31.7 Å². The van der Waals surface area contributed by atoms with Crippen LogP contribution in [-0.2, 0) is 0 Å². The molecule has 1 aliphatic rings. The molecule has 0 bridgehead atoms. The number of aromatic nitrogens is 1. The summed E-state index contributed by atoms with van der Waals surface area (Å²) in [5.74, 6) is -0.364. The van der Waals surface area contributed by atoms with Crippen molar-refractivity contribution in [1.82, 2.24) is 9.88 Å². The van der Waals surface area contributed by atoms with E-state index in [2.05, 4.69) is 9.88 Å². The lowest BCUT2D eigenvalue weighted by molar-refractivity contribution is 0.0961. The molecule has 5 nitrogen and oxygen atoms in total. The number of nitrogens with two attached hydrogens (primary N) is 1. The summed E-state index contributed by atoms with van der Waals surface area (Å²) in [5.41, 5.74) is 7.10. The molecule has 0 atom stereocenters. The first-order chi connectivity index (χ1) is 10.1. The molecule has 1 amide bonds. The molecular formula is C16H19N3O2. The molecule has 5 heteroatoms. The number of nitrogen functional groups attached to an aromatic ring is 1. The Kier molecular flexibility index (Phi) is 3.41. The number of hydrogen-bond acceptors (Lipinski definition) is 3. The minimum absolute atomic E-state index is 0.162. The van der Waals surface area contributed by atoms with Crippen LogP contribution in [0.1, 0.15) is 42.1 Å². The highest BCUT2D eigenvalue weighted by Crippen LogP contribution is 2.32. The smallest absolute Gasteiger partial charge is 0.256 e. The molecule has 3 rings (SSSR count). The van der Waals surface area contributed by atoms with Crippen LogP contribution in [0, 0.1) is 0 Å². The topological polar surface area (TPSA) is 77.1 Å². The second kappa shape index (κ2) is 5.24. The van der Waals surface area contributed by atoms with E-state index in [4.69, 9.17) is 5.73 Å². The maximum absolute atomic E-state index is 12.6. The third-order valence-corrected chi connectivity index (χ3v) is 4.28. The Morgan fingerprint density at radius 2 is 2.05 bits per heavy atom. The normalized spacial score (nSPS) is 15.5. The Morgan fingerprint density at radius 1 is 1.33 bits per heavy atom. The zero-order valence-electron chi connectivity index (χ0n) is 12.1. The first-order valence-corrected chi connectivity index (χ1v) is 7.29. The fraction of sp³-hybridized carbons (Fsp3) is 0.375. The Hall–Kier alpha value is -2.30. The Bertz CT molecular complexity index is 758. The van der Waals surface area contributed by atoms with Gasteiger partial charge in [0.1, 0.15) is 5.56 Å². The third-order valence-electron chi connectivity index (χ3n) is 4.28. The summed E-state index contributed by atoms with van der Waals surface area (Å²) < 4.78 is 2.06. The minimum atomic E-state index is -0.364. The summed E-state index contributed by atoms with van der Waals surface area (Å²) in [6, 6.07) is 5.79. The second-order valence-electron chi connectivity index (χ2n) is 5.54. The predicted molar refractivity (Wildman–Crippen MR) is 83.5 cm³/mol. The fourth-order valence-corrected chi connectivity index (χ4v) is 3.20. The molecule has 3 N–H and O–H groups in total. The van der Waals surface area contributed by atoms with Crippen LogP contribution in [-0.4, -0.2) is 17.5 Å². The van der Waals surface area contributed by atoms with E-state index in [-0.39, 0.29) is 16.9 Å². The molecule has 110 valence electrons. The molecule has 1 heterocycles. The van der Waals surface area contributed by atoms with Crippen molar-refractivity contribution < 1.29 is 4.79 Å². The number of nitrogens with zero attached hydrogens (tertiary/aromatic N) is 1. The molecule has 0 radical (unpaired) electrons. The molecule has 1 aromatic carbocycles. The van der Waals surface area contributed by atoms with Gasteiger partial charge in [0.25, 0.3) is 5.91 Å². The molecule has 2 aromatic rings. The summed E-state index contributed by atoms with van der Waals surface area (Å²) in [6.07, 6.45) is 6.19. The van der Waals surface area contributed by atoms with Crippen molar-refractivity contribution in [3.63, 3.8) is 0 Å². The van der Waals surface area contributed by atoms with Gasteiger partial charge in [-0.2, -0.15) is 0 Å². The van der Waals surface area contributed by atoms with Crippen molar-refractivity contribution >= 4 is 22.5 Å². The highest BCUT2D eigenvalue weighted by Gasteiger charge is 2.22. The Labute approximate surface area is 122 Å². The second-order valence-corrected chi connectivity index (χ2v) is 5.54. The van der Waals surface area contributed by atoms with Gasteiger partial charge in [0.2, 0.25) is 5.43 Å². The number of benzene rings is 1. The molecule has 0 aliphatic heterocycles. The van der Waals surface area contributed by atoms with E-state index < -0.39 is 0 Å². The molecule has 1 aromatic heterocycles. The van der Waals surface area contributed by atoms with Crippen molar-refractivity contribution in [1.29, 1.82) is 0 Å². The first kappa shape index (κ1) is 13.7. The SMILES string of the molecule is CNC(=O)c1cn(C2CCCC2)c2cccc(N)c2c1=O. The molecule has 0 spiro atoms. The number of rotatable bonds is 2. The van der Waals surface area contributed by atoms with Crippen molar-refractivity contribution in [3.8, 4) is 0 Å². The number of carbonyl (C=O) groups excluding carboxylic acids is 1. The number of carbonyl (C=O) groups is 1. The van der Waals surface area contributed by atoms with Crippen LogP contribution >= 0.6 is 0 Å². The van der Waals surface area contributed by atoms with Gasteiger partial charge in [-0.15, -0.1) is 0 Å². The fourth-order valence-electron chi connectivity index (χ4n) is 3.20. The van der Waals surface area contributed by atoms with E-state index >= 15 is 0 Å². The average Bonchev–Trinajstić information content (AvgIpc) is 3.01. The summed E-state index contributed by atoms with van der Waals surface area (Å²) in [7, 11) is 1.53. The number of fused-ring (bicyclic) bond motifs is 1. The van der Waals surface area contributed by atoms with E-state index in [0.717, 1.165) is 18.4 Å². The number of amides is 1. The van der Waals surface area contributed by atoms with Crippen LogP contribution < -0.4 is 16.5 Å². The van der Waals surface area contributed by atoms with Crippen LogP contribution in [0.15, 0.2) is 29.2 Å². The Morgan fingerprint density at radius 3 is 2.71 bits per heavy atom. The third kappa shape index (κ3) is 2.18. The van der Waals surface area contributed by atoms with Crippen LogP contribution in [0.5, 0.6) is 0 Å². The number of hydrogen-bond donors (Lipinski definition) is 2. The maximum atomic E-state index is 12.6. The number of nitrogens with one attached hydrogen (secondary N) is 1. The van der Waals surface area contributed by atoms with E-state index in [1.54, 1.807) is 12.3 Å². The van der Waals surface area contributed by atoms with Gasteiger partial charge in [-0.05, 0) is 25.0 Å². The quantitative estimate of drug-likeness (QED) is 0.829. The summed E-state index contributed by atoms with van der Waals surface area (Å²) >= 11 is 0. The van der Waals surface area contributed by atoms with Gasteiger partial charge in [-0.3, -0.25) is 9.59 Å². The lowest BCUT2D eigenvalue weighted by atomic mass is 10.1. The van der Waals surface area contributed by atoms with Gasteiger partial charge in [0.05, 0.1) is 10.9 Å². The largest absolute Gasteiger partial charge is 0.398 e. The molecule has 1 fully saturated rings. The van der Waals surface area contributed by atoms with Crippen LogP contribution in [0.3, 0.4) is 0 Å². The number of pyridine rings is 1. The molecule has 1 saturated carbocycles. The molecular weight excluding hydrogens is 266 g/mol. The van der Waals surface area contributed by atoms with Crippen LogP contribution in [0.4, 0.5) is 5.69 Å².